The Balaban J connectivity index is 2.00. The summed E-state index contributed by atoms with van der Waals surface area (Å²) in [5.74, 6) is -1.36. The van der Waals surface area contributed by atoms with Crippen LogP contribution >= 0.6 is 0 Å². The number of carboxylic acid groups (broad SMARTS) is 1. The Morgan fingerprint density at radius 1 is 1.44 bits per heavy atom. The fraction of sp³-hybridized carbons (Fsp3) is 0.417. The number of carbonyl (C=O) groups is 2. The Morgan fingerprint density at radius 3 is 2.78 bits per heavy atom. The van der Waals surface area contributed by atoms with Gasteiger partial charge in [-0.25, -0.2) is 4.79 Å². The van der Waals surface area contributed by atoms with Gasteiger partial charge in [-0.15, -0.1) is 0 Å². The van der Waals surface area contributed by atoms with Crippen LogP contribution in [0.4, 0.5) is 0 Å². The van der Waals surface area contributed by atoms with E-state index in [4.69, 9.17) is 5.11 Å². The number of amides is 1. The van der Waals surface area contributed by atoms with E-state index in [2.05, 4.69) is 5.32 Å². The molecule has 6 heteroatoms. The summed E-state index contributed by atoms with van der Waals surface area (Å²) in [4.78, 5) is 33.9. The molecule has 1 aliphatic carbocycles. The minimum absolute atomic E-state index is 0.106. The molecule has 1 aliphatic rings. The number of nitrogens with one attached hydrogen (secondary N) is 1. The molecule has 1 amide bonds. The van der Waals surface area contributed by atoms with Crippen molar-refractivity contribution in [2.24, 2.45) is 0 Å². The van der Waals surface area contributed by atoms with Crippen LogP contribution in [0.2, 0.25) is 0 Å². The van der Waals surface area contributed by atoms with Gasteiger partial charge in [0.05, 0.1) is 0 Å². The Kier molecular flexibility index (Phi) is 3.45. The second kappa shape index (κ2) is 5.03. The number of hydrogen-bond donors (Lipinski definition) is 2. The van der Waals surface area contributed by atoms with Gasteiger partial charge in [-0.2, -0.15) is 0 Å². The van der Waals surface area contributed by atoms with Crippen LogP contribution in [-0.4, -0.2) is 27.6 Å². The second-order valence-corrected chi connectivity index (χ2v) is 4.32. The standard InChI is InChI=1S/C12H14N2O4/c15-10(13-8-3-4-8)5-7-14-6-1-2-9(11(14)16)12(17)18/h1-2,6,8H,3-5,7H2,(H,13,15)(H,17,18). The number of aromatic nitrogens is 1. The number of carboxylic acids is 1. The molecule has 1 aromatic heterocycles. The second-order valence-electron chi connectivity index (χ2n) is 4.32. The molecule has 0 radical (unpaired) electrons. The van der Waals surface area contributed by atoms with Crippen molar-refractivity contribution in [2.45, 2.75) is 31.8 Å². The summed E-state index contributed by atoms with van der Waals surface area (Å²) in [5, 5.41) is 11.6. The highest BCUT2D eigenvalue weighted by atomic mass is 16.4. The van der Waals surface area contributed by atoms with Crippen molar-refractivity contribution in [3.63, 3.8) is 0 Å². The number of hydrogen-bond acceptors (Lipinski definition) is 3. The van der Waals surface area contributed by atoms with Gasteiger partial charge in [0, 0.05) is 25.2 Å². The van der Waals surface area contributed by atoms with Gasteiger partial charge in [0.15, 0.2) is 0 Å². The van der Waals surface area contributed by atoms with E-state index in [0.29, 0.717) is 6.04 Å². The molecular weight excluding hydrogens is 236 g/mol. The van der Waals surface area contributed by atoms with Crippen molar-refractivity contribution < 1.29 is 14.7 Å². The predicted molar refractivity (Wildman–Crippen MR) is 63.4 cm³/mol. The maximum Gasteiger partial charge on any atom is 0.341 e. The van der Waals surface area contributed by atoms with Gasteiger partial charge in [-0.1, -0.05) is 0 Å². The van der Waals surface area contributed by atoms with Crippen LogP contribution in [0.5, 0.6) is 0 Å². The third kappa shape index (κ3) is 2.97. The molecule has 0 aromatic carbocycles. The molecule has 0 aliphatic heterocycles. The van der Waals surface area contributed by atoms with E-state index in [1.807, 2.05) is 0 Å². The van der Waals surface area contributed by atoms with Crippen LogP contribution in [0.1, 0.15) is 29.6 Å². The van der Waals surface area contributed by atoms with E-state index in [1.165, 1.54) is 22.9 Å². The zero-order valence-electron chi connectivity index (χ0n) is 9.76. The van der Waals surface area contributed by atoms with Crippen molar-refractivity contribution in [2.75, 3.05) is 0 Å². The van der Waals surface area contributed by atoms with Crippen LogP contribution in [0.25, 0.3) is 0 Å². The van der Waals surface area contributed by atoms with Crippen LogP contribution < -0.4 is 10.9 Å². The van der Waals surface area contributed by atoms with Gasteiger partial charge >= 0.3 is 5.97 Å². The molecule has 18 heavy (non-hydrogen) atoms. The number of pyridine rings is 1. The SMILES string of the molecule is O=C(CCn1cccc(C(=O)O)c1=O)NC1CC1. The molecule has 2 rings (SSSR count). The average molecular weight is 250 g/mol. The highest BCUT2D eigenvalue weighted by molar-refractivity contribution is 5.87. The van der Waals surface area contributed by atoms with E-state index < -0.39 is 11.5 Å². The van der Waals surface area contributed by atoms with E-state index in [-0.39, 0.29) is 24.4 Å². The minimum Gasteiger partial charge on any atom is -0.477 e. The van der Waals surface area contributed by atoms with Crippen LogP contribution in [0, 0.1) is 0 Å². The molecule has 0 atom stereocenters. The highest BCUT2D eigenvalue weighted by Gasteiger charge is 2.22. The maximum atomic E-state index is 11.7. The Hall–Kier alpha value is -2.11. The topological polar surface area (TPSA) is 88.4 Å². The molecular formula is C12H14N2O4. The van der Waals surface area contributed by atoms with Gasteiger partial charge in [0.1, 0.15) is 5.56 Å². The first-order valence-electron chi connectivity index (χ1n) is 5.80. The normalized spacial score (nSPS) is 14.2. The van der Waals surface area contributed by atoms with E-state index in [9.17, 15) is 14.4 Å². The van der Waals surface area contributed by atoms with Crippen molar-refractivity contribution in [1.82, 2.24) is 9.88 Å². The summed E-state index contributed by atoms with van der Waals surface area (Å²) in [6.45, 7) is 0.193. The summed E-state index contributed by atoms with van der Waals surface area (Å²) in [6.07, 6.45) is 3.69. The monoisotopic (exact) mass is 250 g/mol. The summed E-state index contributed by atoms with van der Waals surface area (Å²) in [6, 6.07) is 3.04. The summed E-state index contributed by atoms with van der Waals surface area (Å²) in [5.41, 5.74) is -0.857. The molecule has 0 bridgehead atoms. The molecule has 96 valence electrons. The van der Waals surface area contributed by atoms with E-state index in [0.717, 1.165) is 12.8 Å². The molecule has 0 spiro atoms. The Bertz CT molecular complexity index is 531. The molecule has 0 unspecified atom stereocenters. The lowest BCUT2D eigenvalue weighted by Gasteiger charge is -2.06. The average Bonchev–Trinajstić information content (AvgIpc) is 3.11. The lowest BCUT2D eigenvalue weighted by atomic mass is 10.2. The van der Waals surface area contributed by atoms with Gasteiger partial charge in [-0.05, 0) is 25.0 Å². The lowest BCUT2D eigenvalue weighted by molar-refractivity contribution is -0.121. The molecule has 1 aromatic rings. The van der Waals surface area contributed by atoms with Crippen molar-refractivity contribution in [3.05, 3.63) is 34.2 Å². The molecule has 1 fully saturated rings. The number of nitrogens with zero attached hydrogens (tertiary/aromatic N) is 1. The van der Waals surface area contributed by atoms with E-state index in [1.54, 1.807) is 0 Å². The highest BCUT2D eigenvalue weighted by Crippen LogP contribution is 2.18. The number of carbonyl (C=O) groups excluding carboxylic acids is 1. The van der Waals surface area contributed by atoms with Crippen molar-refractivity contribution in [1.29, 1.82) is 0 Å². The fourth-order valence-corrected chi connectivity index (χ4v) is 1.63. The maximum absolute atomic E-state index is 11.7. The largest absolute Gasteiger partial charge is 0.477 e. The minimum atomic E-state index is -1.25. The first-order chi connectivity index (χ1) is 8.58. The van der Waals surface area contributed by atoms with Crippen LogP contribution in [0.3, 0.4) is 0 Å². The molecule has 6 nitrogen and oxygen atoms in total. The van der Waals surface area contributed by atoms with Gasteiger partial charge in [0.2, 0.25) is 5.91 Å². The fourth-order valence-electron chi connectivity index (χ4n) is 1.63. The third-order valence-corrected chi connectivity index (χ3v) is 2.77. The number of aryl methyl sites for hydroxylation is 1. The molecule has 1 heterocycles. The predicted octanol–water partition coefficient (Wildman–Crippen LogP) is 0.215. The summed E-state index contributed by atoms with van der Waals surface area (Å²) >= 11 is 0. The first-order valence-corrected chi connectivity index (χ1v) is 5.80. The smallest absolute Gasteiger partial charge is 0.341 e. The summed E-state index contributed by atoms with van der Waals surface area (Å²) < 4.78 is 1.25. The summed E-state index contributed by atoms with van der Waals surface area (Å²) in [7, 11) is 0. The quantitative estimate of drug-likeness (QED) is 0.782. The lowest BCUT2D eigenvalue weighted by Crippen LogP contribution is -2.30. The van der Waals surface area contributed by atoms with Gasteiger partial charge in [-0.3, -0.25) is 9.59 Å². The zero-order chi connectivity index (χ0) is 13.1. The van der Waals surface area contributed by atoms with Crippen LogP contribution in [0.15, 0.2) is 23.1 Å². The van der Waals surface area contributed by atoms with Crippen molar-refractivity contribution >= 4 is 11.9 Å². The zero-order valence-corrected chi connectivity index (χ0v) is 9.76. The third-order valence-electron chi connectivity index (χ3n) is 2.77. The van der Waals surface area contributed by atoms with Crippen molar-refractivity contribution in [3.8, 4) is 0 Å². The Morgan fingerprint density at radius 2 is 2.17 bits per heavy atom. The van der Waals surface area contributed by atoms with E-state index >= 15 is 0 Å². The Labute approximate surface area is 103 Å². The number of rotatable bonds is 5. The van der Waals surface area contributed by atoms with Gasteiger partial charge in [0.25, 0.3) is 5.56 Å². The molecule has 1 saturated carbocycles. The number of aromatic carboxylic acids is 1. The molecule has 0 saturated heterocycles. The first kappa shape index (κ1) is 12.3. The molecule has 2 N–H and O–H groups in total. The van der Waals surface area contributed by atoms with Gasteiger partial charge < -0.3 is 15.0 Å². The van der Waals surface area contributed by atoms with Crippen LogP contribution in [-0.2, 0) is 11.3 Å².